The number of methoxy groups -OCH3 is 1. The average molecular weight is 506 g/mol. The van der Waals surface area contributed by atoms with Crippen molar-refractivity contribution in [3.63, 3.8) is 0 Å². The van der Waals surface area contributed by atoms with Gasteiger partial charge >= 0.3 is 0 Å². The second-order valence-electron chi connectivity index (χ2n) is 7.66. The molecular weight excluding hydrogens is 485 g/mol. The SMILES string of the molecule is COc1cc(/C=C(\C#N)c2nc3cc(C)c(C)cc3[nH]2)cc(Br)c1OCc1cccc(F)c1. The van der Waals surface area contributed by atoms with E-state index in [0.717, 1.165) is 27.7 Å². The Morgan fingerprint density at radius 1 is 1.18 bits per heavy atom. The first-order chi connectivity index (χ1) is 15.9. The van der Waals surface area contributed by atoms with Gasteiger partial charge in [-0.05, 0) is 94.5 Å². The summed E-state index contributed by atoms with van der Waals surface area (Å²) in [4.78, 5) is 7.82. The Balaban J connectivity index is 1.65. The van der Waals surface area contributed by atoms with Crippen LogP contribution in [0.2, 0.25) is 0 Å². The van der Waals surface area contributed by atoms with Gasteiger partial charge in [0.25, 0.3) is 0 Å². The molecule has 0 saturated heterocycles. The number of halogens is 2. The molecule has 1 heterocycles. The molecule has 4 rings (SSSR count). The fraction of sp³-hybridized carbons (Fsp3) is 0.154. The molecule has 0 unspecified atom stereocenters. The number of aromatic nitrogens is 2. The number of hydrogen-bond acceptors (Lipinski definition) is 4. The van der Waals surface area contributed by atoms with Gasteiger partial charge in [0.2, 0.25) is 0 Å². The van der Waals surface area contributed by atoms with Gasteiger partial charge < -0.3 is 14.5 Å². The number of allylic oxidation sites excluding steroid dienone is 1. The number of hydrogen-bond donors (Lipinski definition) is 1. The minimum absolute atomic E-state index is 0.184. The summed E-state index contributed by atoms with van der Waals surface area (Å²) < 4.78 is 25.5. The van der Waals surface area contributed by atoms with Crippen LogP contribution in [0.5, 0.6) is 11.5 Å². The number of rotatable bonds is 6. The highest BCUT2D eigenvalue weighted by Gasteiger charge is 2.14. The summed E-state index contributed by atoms with van der Waals surface area (Å²) in [5.41, 5.74) is 5.83. The number of aromatic amines is 1. The third kappa shape index (κ3) is 4.91. The van der Waals surface area contributed by atoms with E-state index in [-0.39, 0.29) is 12.4 Å². The Labute approximate surface area is 199 Å². The second-order valence-corrected chi connectivity index (χ2v) is 8.52. The Kier molecular flexibility index (Phi) is 6.47. The number of nitrogens with one attached hydrogen (secondary N) is 1. The van der Waals surface area contributed by atoms with E-state index in [1.54, 1.807) is 31.4 Å². The van der Waals surface area contributed by atoms with Crippen LogP contribution in [0.1, 0.15) is 28.1 Å². The van der Waals surface area contributed by atoms with Gasteiger partial charge in [-0.1, -0.05) is 12.1 Å². The molecule has 7 heteroatoms. The number of aryl methyl sites for hydroxylation is 2. The maximum atomic E-state index is 13.4. The van der Waals surface area contributed by atoms with Gasteiger partial charge in [0.05, 0.1) is 28.2 Å². The molecule has 0 bridgehead atoms. The number of ether oxygens (including phenoxy) is 2. The zero-order valence-corrected chi connectivity index (χ0v) is 20.0. The van der Waals surface area contributed by atoms with Crippen molar-refractivity contribution in [2.75, 3.05) is 7.11 Å². The number of imidazole rings is 1. The van der Waals surface area contributed by atoms with Crippen molar-refractivity contribution >= 4 is 38.6 Å². The zero-order chi connectivity index (χ0) is 23.5. The molecule has 4 aromatic rings. The van der Waals surface area contributed by atoms with Crippen LogP contribution in [0.25, 0.3) is 22.7 Å². The monoisotopic (exact) mass is 505 g/mol. The van der Waals surface area contributed by atoms with Crippen LogP contribution >= 0.6 is 15.9 Å². The lowest BCUT2D eigenvalue weighted by molar-refractivity contribution is 0.282. The first-order valence-electron chi connectivity index (χ1n) is 10.2. The van der Waals surface area contributed by atoms with Gasteiger partial charge in [-0.25, -0.2) is 9.37 Å². The molecule has 0 spiro atoms. The summed E-state index contributed by atoms with van der Waals surface area (Å²) in [5, 5.41) is 9.78. The lowest BCUT2D eigenvalue weighted by Crippen LogP contribution is -1.99. The van der Waals surface area contributed by atoms with Crippen molar-refractivity contribution in [3.8, 4) is 17.6 Å². The van der Waals surface area contributed by atoms with Crippen LogP contribution in [0, 0.1) is 31.0 Å². The number of benzene rings is 3. The first kappa shape index (κ1) is 22.6. The highest BCUT2D eigenvalue weighted by atomic mass is 79.9. The van der Waals surface area contributed by atoms with Gasteiger partial charge in [0, 0.05) is 0 Å². The molecule has 0 aliphatic rings. The summed E-state index contributed by atoms with van der Waals surface area (Å²) in [5.74, 6) is 1.16. The van der Waals surface area contributed by atoms with Crippen molar-refractivity contribution < 1.29 is 13.9 Å². The van der Waals surface area contributed by atoms with Crippen LogP contribution in [0.3, 0.4) is 0 Å². The maximum Gasteiger partial charge on any atom is 0.175 e. The van der Waals surface area contributed by atoms with Crippen LogP contribution in [-0.2, 0) is 6.61 Å². The van der Waals surface area contributed by atoms with Gasteiger partial charge in [-0.15, -0.1) is 0 Å². The molecule has 5 nitrogen and oxygen atoms in total. The molecule has 0 amide bonds. The third-order valence-corrected chi connectivity index (χ3v) is 5.90. The van der Waals surface area contributed by atoms with E-state index in [4.69, 9.17) is 9.47 Å². The molecule has 166 valence electrons. The average Bonchev–Trinajstić information content (AvgIpc) is 3.19. The summed E-state index contributed by atoms with van der Waals surface area (Å²) in [6, 6.07) is 16.1. The number of H-pyrrole nitrogens is 1. The van der Waals surface area contributed by atoms with E-state index in [0.29, 0.717) is 32.9 Å². The minimum atomic E-state index is -0.317. The molecule has 0 radical (unpaired) electrons. The fourth-order valence-corrected chi connectivity index (χ4v) is 4.04. The van der Waals surface area contributed by atoms with Crippen LogP contribution in [-0.4, -0.2) is 17.1 Å². The highest BCUT2D eigenvalue weighted by Crippen LogP contribution is 2.38. The molecule has 1 N–H and O–H groups in total. The van der Waals surface area contributed by atoms with Crippen molar-refractivity contribution in [1.82, 2.24) is 9.97 Å². The summed E-state index contributed by atoms with van der Waals surface area (Å²) in [6.45, 7) is 4.26. The molecule has 0 aliphatic carbocycles. The van der Waals surface area contributed by atoms with Gasteiger partial charge in [-0.2, -0.15) is 5.26 Å². The van der Waals surface area contributed by atoms with E-state index in [9.17, 15) is 9.65 Å². The van der Waals surface area contributed by atoms with Gasteiger partial charge in [-0.3, -0.25) is 0 Å². The third-order valence-electron chi connectivity index (χ3n) is 5.31. The van der Waals surface area contributed by atoms with Crippen LogP contribution in [0.15, 0.2) is 53.0 Å². The Morgan fingerprint density at radius 3 is 2.70 bits per heavy atom. The first-order valence-corrected chi connectivity index (χ1v) is 11.0. The lowest BCUT2D eigenvalue weighted by atomic mass is 10.1. The number of fused-ring (bicyclic) bond motifs is 1. The van der Waals surface area contributed by atoms with E-state index >= 15 is 0 Å². The van der Waals surface area contributed by atoms with Crippen molar-refractivity contribution in [1.29, 1.82) is 5.26 Å². The largest absolute Gasteiger partial charge is 0.493 e. The maximum absolute atomic E-state index is 13.4. The molecule has 0 saturated carbocycles. The number of nitrogens with zero attached hydrogens (tertiary/aromatic N) is 2. The van der Waals surface area contributed by atoms with E-state index < -0.39 is 0 Å². The second kappa shape index (κ2) is 9.47. The van der Waals surface area contributed by atoms with Crippen LogP contribution < -0.4 is 9.47 Å². The molecule has 0 atom stereocenters. The molecule has 3 aromatic carbocycles. The topological polar surface area (TPSA) is 70.9 Å². The summed E-state index contributed by atoms with van der Waals surface area (Å²) in [6.07, 6.45) is 1.74. The molecular formula is C26H21BrFN3O2. The number of nitriles is 1. The summed E-state index contributed by atoms with van der Waals surface area (Å²) in [7, 11) is 1.54. The van der Waals surface area contributed by atoms with Crippen LogP contribution in [0.4, 0.5) is 4.39 Å². The molecule has 0 aliphatic heterocycles. The quantitative estimate of drug-likeness (QED) is 0.294. The Morgan fingerprint density at radius 2 is 1.97 bits per heavy atom. The zero-order valence-electron chi connectivity index (χ0n) is 18.4. The van der Waals surface area contributed by atoms with E-state index in [2.05, 4.69) is 32.0 Å². The van der Waals surface area contributed by atoms with E-state index in [1.807, 2.05) is 32.0 Å². The lowest BCUT2D eigenvalue weighted by Gasteiger charge is -2.14. The van der Waals surface area contributed by atoms with E-state index in [1.165, 1.54) is 12.1 Å². The smallest absolute Gasteiger partial charge is 0.175 e. The minimum Gasteiger partial charge on any atom is -0.493 e. The predicted molar refractivity (Wildman–Crippen MR) is 130 cm³/mol. The Bertz CT molecular complexity index is 1380. The molecule has 1 aromatic heterocycles. The van der Waals surface area contributed by atoms with Crippen molar-refractivity contribution in [2.45, 2.75) is 20.5 Å². The standard InChI is InChI=1S/C26H21BrFN3O2/c1-15-7-22-23(8-16(15)2)31-26(30-22)19(13-29)9-18-11-21(27)25(24(12-18)32-3)33-14-17-5-4-6-20(28)10-17/h4-12H,14H2,1-3H3,(H,30,31)/b19-9+. The Hall–Kier alpha value is -3.63. The van der Waals surface area contributed by atoms with Crippen molar-refractivity contribution in [2.24, 2.45) is 0 Å². The fourth-order valence-electron chi connectivity index (χ4n) is 3.46. The van der Waals surface area contributed by atoms with Gasteiger partial charge in [0.15, 0.2) is 11.5 Å². The molecule has 33 heavy (non-hydrogen) atoms. The summed E-state index contributed by atoms with van der Waals surface area (Å²) >= 11 is 3.52. The molecule has 0 fully saturated rings. The van der Waals surface area contributed by atoms with Crippen molar-refractivity contribution in [3.05, 3.63) is 86.9 Å². The normalized spacial score (nSPS) is 11.5. The predicted octanol–water partition coefficient (Wildman–Crippen LogP) is 6.73. The van der Waals surface area contributed by atoms with Gasteiger partial charge in [0.1, 0.15) is 24.3 Å². The highest BCUT2D eigenvalue weighted by molar-refractivity contribution is 9.10.